The van der Waals surface area contributed by atoms with E-state index >= 15 is 0 Å². The maximum Gasteiger partial charge on any atom is 0.256 e. The van der Waals surface area contributed by atoms with Crippen LogP contribution in [0.5, 0.6) is 0 Å². The Morgan fingerprint density at radius 1 is 1.30 bits per heavy atom. The standard InChI is InChI=1S/C14H10BrClF3N/c1-8-11(16)4-5-13(20(8)7-14(18)19)10-3-2-9(15)6-12(10)17/h2-6,14H,1,7H2. The average Bonchev–Trinajstić information content (AvgIpc) is 2.36. The van der Waals surface area contributed by atoms with E-state index in [2.05, 4.69) is 22.5 Å². The molecule has 0 amide bonds. The molecule has 0 fully saturated rings. The molecule has 0 aromatic heterocycles. The lowest BCUT2D eigenvalue weighted by molar-refractivity contribution is 0.123. The number of rotatable bonds is 3. The van der Waals surface area contributed by atoms with Crippen LogP contribution in [-0.2, 0) is 0 Å². The third-order valence-corrected chi connectivity index (χ3v) is 3.64. The summed E-state index contributed by atoms with van der Waals surface area (Å²) in [5, 5.41) is 0.256. The second kappa shape index (κ2) is 6.06. The summed E-state index contributed by atoms with van der Waals surface area (Å²) in [4.78, 5) is 1.22. The fourth-order valence-electron chi connectivity index (χ4n) is 1.89. The summed E-state index contributed by atoms with van der Waals surface area (Å²) in [6.45, 7) is 3.08. The molecule has 0 saturated carbocycles. The molecule has 0 unspecified atom stereocenters. The lowest BCUT2D eigenvalue weighted by Crippen LogP contribution is -2.28. The predicted molar refractivity (Wildman–Crippen MR) is 77.9 cm³/mol. The smallest absolute Gasteiger partial charge is 0.256 e. The molecule has 1 aromatic rings. The van der Waals surface area contributed by atoms with E-state index in [0.29, 0.717) is 10.2 Å². The quantitative estimate of drug-likeness (QED) is 0.717. The van der Waals surface area contributed by atoms with Crippen molar-refractivity contribution in [3.05, 3.63) is 63.5 Å². The Balaban J connectivity index is 2.48. The van der Waals surface area contributed by atoms with Gasteiger partial charge in [0.25, 0.3) is 6.43 Å². The molecule has 2 rings (SSSR count). The van der Waals surface area contributed by atoms with Gasteiger partial charge >= 0.3 is 0 Å². The predicted octanol–water partition coefficient (Wildman–Crippen LogP) is 5.15. The van der Waals surface area contributed by atoms with Crippen molar-refractivity contribution < 1.29 is 13.2 Å². The summed E-state index contributed by atoms with van der Waals surface area (Å²) in [5.41, 5.74) is 0.756. The van der Waals surface area contributed by atoms with E-state index in [1.807, 2.05) is 0 Å². The van der Waals surface area contributed by atoms with Gasteiger partial charge in [-0.1, -0.05) is 34.1 Å². The molecule has 0 radical (unpaired) electrons. The molecule has 1 aliphatic rings. The Hall–Kier alpha value is -1.20. The summed E-state index contributed by atoms with van der Waals surface area (Å²) in [5.74, 6) is -0.510. The van der Waals surface area contributed by atoms with Crippen LogP contribution in [0.25, 0.3) is 5.70 Å². The van der Waals surface area contributed by atoms with E-state index in [-0.39, 0.29) is 16.3 Å². The molecule has 0 N–H and O–H groups in total. The lowest BCUT2D eigenvalue weighted by Gasteiger charge is -2.31. The first-order chi connectivity index (χ1) is 9.40. The fourth-order valence-corrected chi connectivity index (χ4v) is 2.39. The Bertz CT molecular complexity index is 610. The van der Waals surface area contributed by atoms with Crippen LogP contribution in [0.2, 0.25) is 0 Å². The van der Waals surface area contributed by atoms with Crippen molar-refractivity contribution in [1.29, 1.82) is 0 Å². The van der Waals surface area contributed by atoms with E-state index in [1.165, 1.54) is 29.2 Å². The normalized spacial score (nSPS) is 15.5. The van der Waals surface area contributed by atoms with Gasteiger partial charge < -0.3 is 4.90 Å². The first-order valence-corrected chi connectivity index (χ1v) is 6.85. The second-order valence-corrected chi connectivity index (χ2v) is 5.46. The molecule has 0 saturated heterocycles. The average molecular weight is 365 g/mol. The van der Waals surface area contributed by atoms with Crippen molar-refractivity contribution in [2.24, 2.45) is 0 Å². The minimum Gasteiger partial charge on any atom is -0.334 e. The Kier molecular flexibility index (Phi) is 4.60. The number of nitrogens with zero attached hydrogens (tertiary/aromatic N) is 1. The van der Waals surface area contributed by atoms with Crippen LogP contribution in [-0.4, -0.2) is 17.9 Å². The van der Waals surface area contributed by atoms with Crippen LogP contribution in [0.3, 0.4) is 0 Å². The van der Waals surface area contributed by atoms with Gasteiger partial charge in [0.1, 0.15) is 5.82 Å². The lowest BCUT2D eigenvalue weighted by atomic mass is 10.1. The number of benzene rings is 1. The summed E-state index contributed by atoms with van der Waals surface area (Å²) >= 11 is 9.05. The highest BCUT2D eigenvalue weighted by molar-refractivity contribution is 9.10. The van der Waals surface area contributed by atoms with Gasteiger partial charge in [-0.2, -0.15) is 0 Å². The van der Waals surface area contributed by atoms with Crippen LogP contribution in [0.4, 0.5) is 13.2 Å². The zero-order valence-corrected chi connectivity index (χ0v) is 12.6. The van der Waals surface area contributed by atoms with Gasteiger partial charge in [-0.05, 0) is 30.4 Å². The first kappa shape index (κ1) is 15.2. The van der Waals surface area contributed by atoms with Gasteiger partial charge in [0.15, 0.2) is 0 Å². The molecule has 1 nitrogen and oxygen atoms in total. The third-order valence-electron chi connectivity index (χ3n) is 2.81. The summed E-state index contributed by atoms with van der Waals surface area (Å²) in [7, 11) is 0. The summed E-state index contributed by atoms with van der Waals surface area (Å²) < 4.78 is 40.0. The van der Waals surface area contributed by atoms with Crippen molar-refractivity contribution in [2.75, 3.05) is 6.54 Å². The minimum absolute atomic E-state index is 0.218. The van der Waals surface area contributed by atoms with Crippen molar-refractivity contribution in [2.45, 2.75) is 6.43 Å². The first-order valence-electron chi connectivity index (χ1n) is 5.68. The van der Waals surface area contributed by atoms with Crippen molar-refractivity contribution in [1.82, 2.24) is 4.90 Å². The molecule has 6 heteroatoms. The molecule has 0 aliphatic carbocycles. The Morgan fingerprint density at radius 3 is 2.60 bits per heavy atom. The zero-order valence-electron chi connectivity index (χ0n) is 10.2. The number of alkyl halides is 2. The van der Waals surface area contributed by atoms with Gasteiger partial charge in [-0.25, -0.2) is 13.2 Å². The molecule has 20 heavy (non-hydrogen) atoms. The van der Waals surface area contributed by atoms with Crippen LogP contribution in [0.1, 0.15) is 5.56 Å². The largest absolute Gasteiger partial charge is 0.334 e. The Morgan fingerprint density at radius 2 is 2.00 bits per heavy atom. The van der Waals surface area contributed by atoms with E-state index in [9.17, 15) is 13.2 Å². The maximum absolute atomic E-state index is 14.0. The molecule has 1 aliphatic heterocycles. The van der Waals surface area contributed by atoms with Gasteiger partial charge in [0.05, 0.1) is 23.0 Å². The van der Waals surface area contributed by atoms with Crippen molar-refractivity contribution >= 4 is 33.2 Å². The van der Waals surface area contributed by atoms with Gasteiger partial charge in [-0.3, -0.25) is 0 Å². The highest BCUT2D eigenvalue weighted by Gasteiger charge is 2.24. The molecule has 1 heterocycles. The SMILES string of the molecule is C=C1C(Cl)=CC=C(c2ccc(Br)cc2F)N1CC(F)F. The summed E-state index contributed by atoms with van der Waals surface area (Å²) in [6, 6.07) is 4.44. The third kappa shape index (κ3) is 3.10. The molecule has 0 bridgehead atoms. The maximum atomic E-state index is 14.0. The van der Waals surface area contributed by atoms with Crippen LogP contribution in [0, 0.1) is 5.82 Å². The van der Waals surface area contributed by atoms with Crippen molar-refractivity contribution in [3.63, 3.8) is 0 Å². The number of hydrogen-bond acceptors (Lipinski definition) is 1. The molecule has 106 valence electrons. The highest BCUT2D eigenvalue weighted by Crippen LogP contribution is 2.34. The molecular formula is C14H10BrClF3N. The number of allylic oxidation sites excluding steroid dienone is 3. The minimum atomic E-state index is -2.59. The molecular weight excluding hydrogens is 355 g/mol. The van der Waals surface area contributed by atoms with Crippen LogP contribution < -0.4 is 0 Å². The van der Waals surface area contributed by atoms with Gasteiger partial charge in [0.2, 0.25) is 0 Å². The molecule has 1 aromatic carbocycles. The van der Waals surface area contributed by atoms with Gasteiger partial charge in [0, 0.05) is 10.0 Å². The van der Waals surface area contributed by atoms with Gasteiger partial charge in [-0.15, -0.1) is 0 Å². The highest BCUT2D eigenvalue weighted by atomic mass is 79.9. The Labute approximate surface area is 128 Å². The van der Waals surface area contributed by atoms with E-state index in [0.717, 1.165) is 0 Å². The van der Waals surface area contributed by atoms with E-state index in [1.54, 1.807) is 6.07 Å². The second-order valence-electron chi connectivity index (χ2n) is 4.14. The summed E-state index contributed by atoms with van der Waals surface area (Å²) in [6.07, 6.45) is 0.435. The zero-order chi connectivity index (χ0) is 14.9. The number of halogens is 5. The van der Waals surface area contributed by atoms with E-state index < -0.39 is 18.8 Å². The fraction of sp³-hybridized carbons (Fsp3) is 0.143. The number of hydrogen-bond donors (Lipinski definition) is 0. The monoisotopic (exact) mass is 363 g/mol. The van der Waals surface area contributed by atoms with Crippen LogP contribution >= 0.6 is 27.5 Å². The topological polar surface area (TPSA) is 3.24 Å². The van der Waals surface area contributed by atoms with Crippen LogP contribution in [0.15, 0.2) is 52.1 Å². The molecule has 0 atom stereocenters. The van der Waals surface area contributed by atoms with Crippen molar-refractivity contribution in [3.8, 4) is 0 Å². The van der Waals surface area contributed by atoms with E-state index in [4.69, 9.17) is 11.6 Å². The molecule has 0 spiro atoms.